The number of allylic oxidation sites excluding steroid dienone is 4. The summed E-state index contributed by atoms with van der Waals surface area (Å²) in [5.41, 5.74) is 11.3. The molecule has 11 rings (SSSR count). The molecular weight excluding hydrogens is 1350 g/mol. The lowest BCUT2D eigenvalue weighted by Crippen LogP contribution is -2.27. The maximum absolute atomic E-state index is 12.6. The normalized spacial score (nSPS) is 18.5. The van der Waals surface area contributed by atoms with Gasteiger partial charge >= 0.3 is 0 Å². The molecule has 0 aromatic heterocycles. The summed E-state index contributed by atoms with van der Waals surface area (Å²) in [5.74, 6) is 1.70. The molecule has 1 saturated carbocycles. The van der Waals surface area contributed by atoms with Crippen LogP contribution in [-0.4, -0.2) is 32.2 Å². The Hall–Kier alpha value is -5.88. The first kappa shape index (κ1) is 125. The number of halogens is 8. The molecule has 0 bridgehead atoms. The van der Waals surface area contributed by atoms with Gasteiger partial charge in [-0.3, -0.25) is 0 Å². The second kappa shape index (κ2) is 68.2. The smallest absolute Gasteiger partial charge is 0.161 e. The molecule has 0 amide bonds. The largest absolute Gasteiger partial charge is 0.378 e. The van der Waals surface area contributed by atoms with Gasteiger partial charge in [-0.15, -0.1) is 0 Å². The first-order chi connectivity index (χ1) is 45.0. The molecule has 0 N–H and O–H groups in total. The molecule has 3 fully saturated rings. The molecule has 5 aliphatic rings. The molecule has 3 aliphatic carbocycles. The molecule has 624 valence electrons. The van der Waals surface area contributed by atoms with E-state index in [1.807, 2.05) is 32.9 Å². The minimum absolute atomic E-state index is 0. The van der Waals surface area contributed by atoms with Crippen LogP contribution < -0.4 is 0 Å². The van der Waals surface area contributed by atoms with Gasteiger partial charge in [0.2, 0.25) is 0 Å². The molecule has 6 aromatic carbocycles. The molecule has 0 spiro atoms. The Kier molecular flexibility index (Phi) is 79.5. The van der Waals surface area contributed by atoms with Crippen molar-refractivity contribution < 1.29 is 49.3 Å². The minimum Gasteiger partial charge on any atom is -0.378 e. The van der Waals surface area contributed by atoms with Crippen molar-refractivity contribution >= 4 is 0 Å². The Labute approximate surface area is 658 Å². The number of benzene rings is 6. The maximum Gasteiger partial charge on any atom is 0.161 e. The van der Waals surface area contributed by atoms with Crippen molar-refractivity contribution in [2.45, 2.75) is 323 Å². The van der Waals surface area contributed by atoms with Crippen LogP contribution in [-0.2, 0) is 14.2 Å². The highest BCUT2D eigenvalue weighted by Gasteiger charge is 2.16. The molecular formula is C96H166F8O3. The zero-order chi connectivity index (χ0) is 72.8. The Bertz CT molecular complexity index is 2880. The van der Waals surface area contributed by atoms with Crippen molar-refractivity contribution in [3.63, 3.8) is 0 Å². The zero-order valence-corrected chi connectivity index (χ0v) is 62.9. The van der Waals surface area contributed by atoms with Gasteiger partial charge in [-0.2, -0.15) is 0 Å². The lowest BCUT2D eigenvalue weighted by atomic mass is 9.84. The summed E-state index contributed by atoms with van der Waals surface area (Å²) in [6.07, 6.45) is 21.9. The summed E-state index contributed by atoms with van der Waals surface area (Å²) in [6, 6.07) is 27.3. The fraction of sp³-hybridized carbons (Fsp3) is 0.583. The standard InChI is InChI=1S/3C8H8F2.2C8H9F.C8H16.2C8H14.C8H10.C7H14O.C6H12O2.11CH4/c2*1-5-3-7(9)6(2)8(10)4-5;1-5-3-4-6(2)8(10)7(5)9;2*1-6-3-4-7(2)8(9)5-6;4*1-7-3-5-8(2)6-4-7;1-6-3-4-7(2)8-5-6;1-5-3-7-6(2)8-4-5;;;;;;;;;;;/h3*3-4H,1-2H3;2*3-5H,1-2H3;7-8H,3-6H2,1-2H3;2*3,8H,4-6H2,1-2H3;3-6H,1-2H3;6-7H,3-5H2,1-2H3;5-6H,3-4H2,1-2H3;11*1H4. The van der Waals surface area contributed by atoms with Crippen LogP contribution in [0.15, 0.2) is 120 Å². The number of hydrogen-bond acceptors (Lipinski definition) is 3. The molecule has 6 aromatic rings. The van der Waals surface area contributed by atoms with E-state index in [0.717, 1.165) is 60.5 Å². The second-order valence-electron chi connectivity index (χ2n) is 28.1. The van der Waals surface area contributed by atoms with Crippen LogP contribution in [0.4, 0.5) is 35.1 Å². The number of rotatable bonds is 0. The molecule has 2 aliphatic heterocycles. The lowest BCUT2D eigenvalue weighted by molar-refractivity contribution is -0.187. The molecule has 11 heteroatoms. The van der Waals surface area contributed by atoms with Gasteiger partial charge in [-0.05, 0) is 273 Å². The topological polar surface area (TPSA) is 27.7 Å². The van der Waals surface area contributed by atoms with E-state index in [1.54, 1.807) is 63.1 Å². The highest BCUT2D eigenvalue weighted by Crippen LogP contribution is 2.28. The SMILES string of the molecule is C.C.C.C.C.C.C.C.C.C.C.CC1=CCC(C)CC1.CC1=CCC(C)CC1.CC1CCC(C)CC1.CC1CCC(C)OC1.CC1COC(C)OC1.Cc1cc(F)c(C)c(F)c1.Cc1cc(F)c(C)c(F)c1.Cc1ccc(C)c(F)c1.Cc1ccc(C)c(F)c1.Cc1ccc(C)c(F)c1F.Cc1ccc(C)cc1. The molecule has 3 nitrogen and oxygen atoms in total. The van der Waals surface area contributed by atoms with Crippen LogP contribution in [0.25, 0.3) is 0 Å². The van der Waals surface area contributed by atoms with Gasteiger partial charge in [0, 0.05) is 23.7 Å². The van der Waals surface area contributed by atoms with Crippen molar-refractivity contribution in [3.05, 3.63) is 234 Å². The van der Waals surface area contributed by atoms with Crippen molar-refractivity contribution in [2.24, 2.45) is 35.5 Å². The number of ether oxygens (including phenoxy) is 3. The summed E-state index contributed by atoms with van der Waals surface area (Å²) >= 11 is 0. The molecule has 2 saturated heterocycles. The summed E-state index contributed by atoms with van der Waals surface area (Å²) in [6.45, 7) is 45.6. The lowest BCUT2D eigenvalue weighted by Gasteiger charge is -2.24. The third-order valence-electron chi connectivity index (χ3n) is 17.3. The van der Waals surface area contributed by atoms with Gasteiger partial charge in [0.15, 0.2) is 17.9 Å². The fourth-order valence-electron chi connectivity index (χ4n) is 9.65. The van der Waals surface area contributed by atoms with E-state index in [4.69, 9.17) is 14.2 Å². The first-order valence-corrected chi connectivity index (χ1v) is 34.9. The Morgan fingerprint density at radius 3 is 0.748 bits per heavy atom. The van der Waals surface area contributed by atoms with Crippen LogP contribution >= 0.6 is 0 Å². The number of aryl methyl sites for hydroxylation is 10. The van der Waals surface area contributed by atoms with E-state index in [1.165, 1.54) is 152 Å². The predicted molar refractivity (Wildman–Crippen MR) is 464 cm³/mol. The van der Waals surface area contributed by atoms with Crippen molar-refractivity contribution in [2.75, 3.05) is 19.8 Å². The third kappa shape index (κ3) is 57.8. The Morgan fingerprint density at radius 2 is 0.523 bits per heavy atom. The van der Waals surface area contributed by atoms with Crippen molar-refractivity contribution in [1.29, 1.82) is 0 Å². The van der Waals surface area contributed by atoms with Gasteiger partial charge in [0.25, 0.3) is 0 Å². The van der Waals surface area contributed by atoms with Crippen LogP contribution in [0.1, 0.15) is 295 Å². The first-order valence-electron chi connectivity index (χ1n) is 34.9. The van der Waals surface area contributed by atoms with Crippen LogP contribution in [0.2, 0.25) is 0 Å². The molecule has 4 atom stereocenters. The van der Waals surface area contributed by atoms with Crippen molar-refractivity contribution in [1.82, 2.24) is 0 Å². The zero-order valence-electron chi connectivity index (χ0n) is 62.9. The number of hydrogen-bond donors (Lipinski definition) is 0. The molecule has 0 radical (unpaired) electrons. The van der Waals surface area contributed by atoms with Crippen LogP contribution in [0.5, 0.6) is 0 Å². The summed E-state index contributed by atoms with van der Waals surface area (Å²) in [5, 5.41) is 0. The average Bonchev–Trinajstić information content (AvgIpc) is 0.876. The highest BCUT2D eigenvalue weighted by molar-refractivity contribution is 5.27. The van der Waals surface area contributed by atoms with E-state index >= 15 is 0 Å². The molecule has 107 heavy (non-hydrogen) atoms. The summed E-state index contributed by atoms with van der Waals surface area (Å²) < 4.78 is 117. The van der Waals surface area contributed by atoms with Crippen molar-refractivity contribution in [3.8, 4) is 0 Å². The second-order valence-corrected chi connectivity index (χ2v) is 28.1. The monoisotopic (exact) mass is 1520 g/mol. The van der Waals surface area contributed by atoms with Gasteiger partial charge in [0.1, 0.15) is 34.9 Å². The Balaban J connectivity index is -0.000000104. The Morgan fingerprint density at radius 1 is 0.262 bits per heavy atom. The highest BCUT2D eigenvalue weighted by atomic mass is 19.2. The van der Waals surface area contributed by atoms with Crippen LogP contribution in [0.3, 0.4) is 0 Å². The van der Waals surface area contributed by atoms with E-state index < -0.39 is 34.9 Å². The van der Waals surface area contributed by atoms with E-state index in [9.17, 15) is 35.1 Å². The van der Waals surface area contributed by atoms with Crippen LogP contribution in [0, 0.1) is 165 Å². The quantitative estimate of drug-likeness (QED) is 0.112. The molecule has 2 heterocycles. The predicted octanol–water partition coefficient (Wildman–Crippen LogP) is 33.1. The van der Waals surface area contributed by atoms with Gasteiger partial charge in [0.05, 0.1) is 19.3 Å². The summed E-state index contributed by atoms with van der Waals surface area (Å²) in [7, 11) is 0. The van der Waals surface area contributed by atoms with Gasteiger partial charge in [-0.1, -0.05) is 244 Å². The van der Waals surface area contributed by atoms with Gasteiger partial charge < -0.3 is 14.2 Å². The minimum atomic E-state index is -0.736. The maximum atomic E-state index is 12.6. The van der Waals surface area contributed by atoms with Gasteiger partial charge in [-0.25, -0.2) is 35.1 Å². The fourth-order valence-corrected chi connectivity index (χ4v) is 9.65. The van der Waals surface area contributed by atoms with E-state index in [0.29, 0.717) is 45.4 Å². The average molecular weight is 1520 g/mol. The molecule has 4 unspecified atom stereocenters. The summed E-state index contributed by atoms with van der Waals surface area (Å²) in [4.78, 5) is 0. The van der Waals surface area contributed by atoms with E-state index in [2.05, 4.69) is 113 Å². The third-order valence-corrected chi connectivity index (χ3v) is 17.3. The van der Waals surface area contributed by atoms with E-state index in [-0.39, 0.29) is 111 Å².